The average Bonchev–Trinajstić information content (AvgIpc) is 3.88. The number of hydrogen-bond donors (Lipinski definition) is 4. The highest BCUT2D eigenvalue weighted by Crippen LogP contribution is 2.31. The number of likely N-dealkylation sites (tertiary alicyclic amines) is 1. The molecule has 6 rings (SSSR count). The molecule has 1 aromatic heterocycles. The summed E-state index contributed by atoms with van der Waals surface area (Å²) in [6.07, 6.45) is 6.58. The lowest BCUT2D eigenvalue weighted by atomic mass is 9.77. The molecule has 1 saturated carbocycles. The monoisotopic (exact) mass is 678 g/mol. The maximum absolute atomic E-state index is 13.8. The van der Waals surface area contributed by atoms with Gasteiger partial charge in [0.2, 0.25) is 11.7 Å². The number of aromatic amines is 1. The largest absolute Gasteiger partial charge is 0.351 e. The Kier molecular flexibility index (Phi) is 13.0. The van der Waals surface area contributed by atoms with Crippen LogP contribution in [0, 0.1) is 17.8 Å². The molecule has 0 radical (unpaired) electrons. The lowest BCUT2D eigenvalue weighted by Gasteiger charge is -2.27. The summed E-state index contributed by atoms with van der Waals surface area (Å²) < 4.78 is 0. The number of carbonyl (C=O) groups excluding carboxylic acids is 3. The average molecular weight is 679 g/mol. The van der Waals surface area contributed by atoms with E-state index >= 15 is 0 Å². The summed E-state index contributed by atoms with van der Waals surface area (Å²) in [6, 6.07) is 22.9. The van der Waals surface area contributed by atoms with E-state index in [4.69, 9.17) is 5.73 Å². The van der Waals surface area contributed by atoms with E-state index in [0.717, 1.165) is 67.6 Å². The van der Waals surface area contributed by atoms with Crippen LogP contribution in [0.5, 0.6) is 0 Å². The van der Waals surface area contributed by atoms with Gasteiger partial charge in [-0.2, -0.15) is 5.21 Å². The quantitative estimate of drug-likeness (QED) is 0.136. The number of nitrogens with zero attached hydrogens (tertiary/aromatic N) is 4. The smallest absolute Gasteiger partial charge is 0.251 e. The maximum Gasteiger partial charge on any atom is 0.251 e. The fourth-order valence-corrected chi connectivity index (χ4v) is 7.06. The molecule has 264 valence electrons. The molecule has 11 nitrogen and oxygen atoms in total. The summed E-state index contributed by atoms with van der Waals surface area (Å²) in [7, 11) is 0. The third-order valence-corrected chi connectivity index (χ3v) is 9.99. The van der Waals surface area contributed by atoms with Crippen molar-refractivity contribution in [2.45, 2.75) is 58.8 Å². The fourth-order valence-electron chi connectivity index (χ4n) is 7.06. The van der Waals surface area contributed by atoms with E-state index in [2.05, 4.69) is 42.2 Å². The molecule has 1 saturated heterocycles. The highest BCUT2D eigenvalue weighted by Gasteiger charge is 2.30. The summed E-state index contributed by atoms with van der Waals surface area (Å²) in [6.45, 7) is 4.34. The molecule has 2 heterocycles. The number of Topliss-reactive ketones (excluding diaryl/α,β-unsaturated/α-hetero) is 1. The number of ketones is 1. The number of hydrogen-bond acceptors (Lipinski definition) is 8. The van der Waals surface area contributed by atoms with E-state index in [-0.39, 0.29) is 37.4 Å². The van der Waals surface area contributed by atoms with Crippen molar-refractivity contribution in [1.29, 1.82) is 0 Å². The van der Waals surface area contributed by atoms with Crippen LogP contribution < -0.4 is 16.4 Å². The molecule has 2 amide bonds. The van der Waals surface area contributed by atoms with Crippen LogP contribution in [-0.2, 0) is 16.0 Å². The molecule has 2 aliphatic rings. The second-order valence-electron chi connectivity index (χ2n) is 13.4. The zero-order chi connectivity index (χ0) is 34.0. The Balaban J connectivity index is 0.00000486. The highest BCUT2D eigenvalue weighted by molar-refractivity contribution is 5.97. The molecule has 0 unspecified atom stereocenters. The van der Waals surface area contributed by atoms with Gasteiger partial charge in [-0.3, -0.25) is 14.4 Å². The van der Waals surface area contributed by atoms with Crippen molar-refractivity contribution < 1.29 is 14.4 Å². The summed E-state index contributed by atoms with van der Waals surface area (Å²) >= 11 is 0. The first-order valence-corrected chi connectivity index (χ1v) is 17.5. The van der Waals surface area contributed by atoms with Crippen molar-refractivity contribution in [2.75, 3.05) is 38.0 Å². The Morgan fingerprint density at radius 3 is 2.32 bits per heavy atom. The van der Waals surface area contributed by atoms with Crippen molar-refractivity contribution in [3.05, 3.63) is 83.9 Å². The molecule has 4 aromatic rings. The first-order valence-electron chi connectivity index (χ1n) is 17.5. The van der Waals surface area contributed by atoms with Crippen LogP contribution in [0.3, 0.4) is 0 Å². The second kappa shape index (κ2) is 17.8. The number of benzene rings is 3. The number of aromatic nitrogens is 4. The molecule has 1 aliphatic carbocycles. The molecular formula is C39H50N8O3. The van der Waals surface area contributed by atoms with Gasteiger partial charge >= 0.3 is 0 Å². The van der Waals surface area contributed by atoms with Crippen LogP contribution in [0.25, 0.3) is 22.5 Å². The number of carbonyl (C=O) groups is 3. The van der Waals surface area contributed by atoms with Gasteiger partial charge in [0.05, 0.1) is 0 Å². The third-order valence-electron chi connectivity index (χ3n) is 9.99. The summed E-state index contributed by atoms with van der Waals surface area (Å²) in [4.78, 5) is 42.8. The standard InChI is InChI=1S/C38H46N8O3.CH4/c39-25-26-9-11-28(12-10-26)35(47)24-33(38(49)41-34-15-13-29(14-16-34)36-42-44-45-43-36)22-27-5-3-6-30(21-27)31-7-4-8-32(23-31)37(48)40-17-20-46-18-1-2-19-46;/h3-8,13-16,21,23,26,28,33H,1-2,9-12,17-20,22,24-25,39H2,(H,40,48)(H,41,49)(H,42,43,44,45);1H4/t26?,28?,33-;/m1./s1. The predicted octanol–water partition coefficient (Wildman–Crippen LogP) is 5.52. The van der Waals surface area contributed by atoms with Gasteiger partial charge in [0.25, 0.3) is 5.91 Å². The molecule has 3 aromatic carbocycles. The maximum atomic E-state index is 13.8. The highest BCUT2D eigenvalue weighted by atomic mass is 16.2. The number of rotatable bonds is 14. The van der Waals surface area contributed by atoms with E-state index in [1.54, 1.807) is 12.1 Å². The van der Waals surface area contributed by atoms with Gasteiger partial charge in [-0.1, -0.05) is 43.8 Å². The summed E-state index contributed by atoms with van der Waals surface area (Å²) in [5.41, 5.74) is 10.7. The SMILES string of the molecule is C.NCC1CCC(C(=O)C[C@@H](Cc2cccc(-c3cccc(C(=O)NCCN4CCCC4)c3)c2)C(=O)Nc2ccc(-c3nn[nH]n3)cc2)CC1. The van der Waals surface area contributed by atoms with Gasteiger partial charge in [0.1, 0.15) is 5.78 Å². The van der Waals surface area contributed by atoms with Crippen molar-refractivity contribution in [1.82, 2.24) is 30.8 Å². The molecule has 1 atom stereocenters. The van der Waals surface area contributed by atoms with Gasteiger partial charge in [0, 0.05) is 48.2 Å². The molecule has 50 heavy (non-hydrogen) atoms. The van der Waals surface area contributed by atoms with E-state index in [9.17, 15) is 14.4 Å². The third kappa shape index (κ3) is 9.70. The van der Waals surface area contributed by atoms with E-state index in [0.29, 0.717) is 42.5 Å². The lowest BCUT2D eigenvalue weighted by molar-refractivity contribution is -0.129. The van der Waals surface area contributed by atoms with Crippen LogP contribution in [0.15, 0.2) is 72.8 Å². The Morgan fingerprint density at radius 1 is 0.900 bits per heavy atom. The number of nitrogens with two attached hydrogens (primary N) is 1. The molecule has 1 aliphatic heterocycles. The van der Waals surface area contributed by atoms with Crippen molar-refractivity contribution in [2.24, 2.45) is 23.5 Å². The Morgan fingerprint density at radius 2 is 1.62 bits per heavy atom. The number of tetrazole rings is 1. The van der Waals surface area contributed by atoms with Crippen LogP contribution in [0.1, 0.15) is 68.3 Å². The zero-order valence-corrected chi connectivity index (χ0v) is 27.9. The minimum atomic E-state index is -0.556. The van der Waals surface area contributed by atoms with Crippen molar-refractivity contribution in [3.63, 3.8) is 0 Å². The van der Waals surface area contributed by atoms with Gasteiger partial charge < -0.3 is 21.3 Å². The normalized spacial score (nSPS) is 18.2. The number of H-pyrrole nitrogens is 1. The zero-order valence-electron chi connectivity index (χ0n) is 27.9. The molecule has 2 fully saturated rings. The number of nitrogens with one attached hydrogen (secondary N) is 3. The molecular weight excluding hydrogens is 628 g/mol. The van der Waals surface area contributed by atoms with Crippen LogP contribution in [0.4, 0.5) is 5.69 Å². The van der Waals surface area contributed by atoms with Crippen molar-refractivity contribution >= 4 is 23.3 Å². The summed E-state index contributed by atoms with van der Waals surface area (Å²) in [5.74, 6) is 0.202. The Hall–Kier alpha value is -4.74. The Labute approximate surface area is 294 Å². The van der Waals surface area contributed by atoms with Crippen LogP contribution >= 0.6 is 0 Å². The first-order chi connectivity index (χ1) is 23.9. The Bertz CT molecular complexity index is 1690. The van der Waals surface area contributed by atoms with Gasteiger partial charge in [-0.05, 0) is 129 Å². The molecule has 11 heteroatoms. The number of amides is 2. The molecule has 5 N–H and O–H groups in total. The van der Waals surface area contributed by atoms with Crippen LogP contribution in [0.2, 0.25) is 0 Å². The van der Waals surface area contributed by atoms with Gasteiger partial charge in [-0.15, -0.1) is 10.2 Å². The predicted molar refractivity (Wildman–Crippen MR) is 196 cm³/mol. The lowest BCUT2D eigenvalue weighted by Crippen LogP contribution is -2.33. The second-order valence-corrected chi connectivity index (χ2v) is 13.4. The molecule has 0 spiro atoms. The van der Waals surface area contributed by atoms with E-state index in [1.165, 1.54) is 12.8 Å². The number of anilines is 1. The van der Waals surface area contributed by atoms with E-state index in [1.807, 2.05) is 54.6 Å². The first kappa shape index (κ1) is 36.5. The minimum absolute atomic E-state index is 0. The van der Waals surface area contributed by atoms with Crippen molar-refractivity contribution in [3.8, 4) is 22.5 Å². The van der Waals surface area contributed by atoms with Gasteiger partial charge in [-0.25, -0.2) is 0 Å². The van der Waals surface area contributed by atoms with Crippen LogP contribution in [-0.4, -0.2) is 75.8 Å². The fraction of sp³-hybridized carbons (Fsp3) is 0.436. The van der Waals surface area contributed by atoms with E-state index < -0.39 is 5.92 Å². The van der Waals surface area contributed by atoms with Gasteiger partial charge in [0.15, 0.2) is 0 Å². The molecule has 0 bridgehead atoms. The topological polar surface area (TPSA) is 159 Å². The summed E-state index contributed by atoms with van der Waals surface area (Å²) in [5, 5.41) is 20.2. The minimum Gasteiger partial charge on any atom is -0.351 e.